The first-order valence-electron chi connectivity index (χ1n) is 10.1. The van der Waals surface area contributed by atoms with Crippen LogP contribution in [0, 0.1) is 17.0 Å². The van der Waals surface area contributed by atoms with Gasteiger partial charge in [-0.15, -0.1) is 11.8 Å². The number of rotatable bonds is 8. The van der Waals surface area contributed by atoms with E-state index < -0.39 is 10.2 Å². The molecule has 7 nitrogen and oxygen atoms in total. The van der Waals surface area contributed by atoms with E-state index in [9.17, 15) is 19.7 Å². The van der Waals surface area contributed by atoms with Crippen LogP contribution < -0.4 is 10.6 Å². The number of anilines is 2. The molecule has 0 aliphatic heterocycles. The predicted octanol–water partition coefficient (Wildman–Crippen LogP) is 5.86. The topological polar surface area (TPSA) is 101 Å². The summed E-state index contributed by atoms with van der Waals surface area (Å²) >= 11 is 7.22. The minimum absolute atomic E-state index is 0.0251. The third-order valence-corrected chi connectivity index (χ3v) is 6.10. The van der Waals surface area contributed by atoms with E-state index in [1.807, 2.05) is 18.2 Å². The van der Waals surface area contributed by atoms with Gasteiger partial charge >= 0.3 is 0 Å². The zero-order chi connectivity index (χ0) is 24.0. The van der Waals surface area contributed by atoms with E-state index in [2.05, 4.69) is 10.6 Å². The monoisotopic (exact) mass is 483 g/mol. The van der Waals surface area contributed by atoms with Gasteiger partial charge in [-0.25, -0.2) is 0 Å². The van der Waals surface area contributed by atoms with E-state index in [0.29, 0.717) is 22.0 Å². The molecule has 0 aliphatic carbocycles. The Morgan fingerprint density at radius 1 is 1.06 bits per heavy atom. The molecule has 0 radical (unpaired) electrons. The van der Waals surface area contributed by atoms with E-state index in [1.165, 1.54) is 30.0 Å². The molecule has 0 saturated carbocycles. The summed E-state index contributed by atoms with van der Waals surface area (Å²) in [6.45, 7) is 3.48. The summed E-state index contributed by atoms with van der Waals surface area (Å²) in [6, 6.07) is 18.7. The summed E-state index contributed by atoms with van der Waals surface area (Å²) in [5.41, 5.74) is 2.61. The largest absolute Gasteiger partial charge is 0.326 e. The molecule has 170 valence electrons. The maximum absolute atomic E-state index is 12.6. The molecular weight excluding hydrogens is 462 g/mol. The number of hydrogen-bond acceptors (Lipinski definition) is 5. The molecule has 2 amide bonds. The highest BCUT2D eigenvalue weighted by Crippen LogP contribution is 2.28. The van der Waals surface area contributed by atoms with Crippen LogP contribution >= 0.6 is 23.4 Å². The number of non-ortho nitro benzene ring substituents is 1. The quantitative estimate of drug-likeness (QED) is 0.237. The van der Waals surface area contributed by atoms with Gasteiger partial charge in [0.1, 0.15) is 0 Å². The Morgan fingerprint density at radius 2 is 1.79 bits per heavy atom. The average molecular weight is 484 g/mol. The highest BCUT2D eigenvalue weighted by molar-refractivity contribution is 8.00. The van der Waals surface area contributed by atoms with Crippen molar-refractivity contribution < 1.29 is 14.5 Å². The maximum Gasteiger partial charge on any atom is 0.269 e. The molecule has 33 heavy (non-hydrogen) atoms. The molecule has 0 aliphatic rings. The van der Waals surface area contributed by atoms with Gasteiger partial charge in [0.15, 0.2) is 0 Å². The molecule has 1 atom stereocenters. The highest BCUT2D eigenvalue weighted by atomic mass is 35.5. The third kappa shape index (κ3) is 7.06. The fraction of sp³-hybridized carbons (Fsp3) is 0.167. The summed E-state index contributed by atoms with van der Waals surface area (Å²) in [5, 5.41) is 16.7. The number of nitrogens with one attached hydrogen (secondary N) is 2. The van der Waals surface area contributed by atoms with Crippen LogP contribution in [-0.2, 0) is 16.0 Å². The maximum atomic E-state index is 12.6. The summed E-state index contributed by atoms with van der Waals surface area (Å²) in [6.07, 6.45) is 0.224. The first-order chi connectivity index (χ1) is 15.7. The number of amides is 2. The second-order valence-corrected chi connectivity index (χ2v) is 9.24. The van der Waals surface area contributed by atoms with Crippen LogP contribution in [0.25, 0.3) is 0 Å². The van der Waals surface area contributed by atoms with E-state index in [0.717, 1.165) is 10.5 Å². The Kier molecular flexibility index (Phi) is 8.08. The number of nitrogens with zero attached hydrogens (tertiary/aromatic N) is 1. The molecule has 0 heterocycles. The SMILES string of the molecule is Cc1cc([N+](=O)[O-])ccc1NC(=O)C(C)Sc1cccc(NC(=O)Cc2ccc(Cl)cc2)c1. The van der Waals surface area contributed by atoms with Crippen molar-refractivity contribution in [1.82, 2.24) is 0 Å². The van der Waals surface area contributed by atoms with Gasteiger partial charge in [-0.1, -0.05) is 29.8 Å². The van der Waals surface area contributed by atoms with Crippen LogP contribution in [0.15, 0.2) is 71.6 Å². The molecule has 0 spiro atoms. The first-order valence-corrected chi connectivity index (χ1v) is 11.3. The van der Waals surface area contributed by atoms with Gasteiger partial charge in [-0.3, -0.25) is 19.7 Å². The zero-order valence-corrected chi connectivity index (χ0v) is 19.6. The van der Waals surface area contributed by atoms with Gasteiger partial charge in [0, 0.05) is 33.4 Å². The van der Waals surface area contributed by atoms with Crippen molar-refractivity contribution in [1.29, 1.82) is 0 Å². The number of thioether (sulfide) groups is 1. The van der Waals surface area contributed by atoms with E-state index in [1.54, 1.807) is 44.2 Å². The Balaban J connectivity index is 1.58. The molecule has 3 rings (SSSR count). The summed E-state index contributed by atoms with van der Waals surface area (Å²) in [5.74, 6) is -0.381. The molecule has 3 aromatic carbocycles. The fourth-order valence-corrected chi connectivity index (χ4v) is 4.09. The lowest BCUT2D eigenvalue weighted by Crippen LogP contribution is -2.22. The average Bonchev–Trinajstić information content (AvgIpc) is 2.76. The molecule has 0 aromatic heterocycles. The highest BCUT2D eigenvalue weighted by Gasteiger charge is 2.17. The van der Waals surface area contributed by atoms with Crippen LogP contribution in [0.4, 0.5) is 17.1 Å². The summed E-state index contributed by atoms with van der Waals surface area (Å²) < 4.78 is 0. The summed E-state index contributed by atoms with van der Waals surface area (Å²) in [4.78, 5) is 36.2. The Labute approximate surface area is 200 Å². The summed E-state index contributed by atoms with van der Waals surface area (Å²) in [7, 11) is 0. The number of hydrogen-bond donors (Lipinski definition) is 2. The van der Waals surface area contributed by atoms with Gasteiger partial charge < -0.3 is 10.6 Å². The Bertz CT molecular complexity index is 1180. The molecule has 0 bridgehead atoms. The molecule has 9 heteroatoms. The minimum atomic E-state index is -0.474. The van der Waals surface area contributed by atoms with Gasteiger partial charge in [-0.05, 0) is 61.4 Å². The lowest BCUT2D eigenvalue weighted by atomic mass is 10.1. The lowest BCUT2D eigenvalue weighted by Gasteiger charge is -2.14. The third-order valence-electron chi connectivity index (χ3n) is 4.76. The van der Waals surface area contributed by atoms with Crippen molar-refractivity contribution in [3.8, 4) is 0 Å². The van der Waals surface area contributed by atoms with Crippen LogP contribution in [0.1, 0.15) is 18.1 Å². The molecule has 1 unspecified atom stereocenters. The molecule has 3 aromatic rings. The van der Waals surface area contributed by atoms with Crippen molar-refractivity contribution >= 4 is 52.2 Å². The number of nitro benzene ring substituents is 1. The number of carbonyl (C=O) groups excluding carboxylic acids is 2. The molecular formula is C24H22ClN3O4S. The van der Waals surface area contributed by atoms with Crippen molar-refractivity contribution in [2.45, 2.75) is 30.4 Å². The van der Waals surface area contributed by atoms with Gasteiger partial charge in [-0.2, -0.15) is 0 Å². The van der Waals surface area contributed by atoms with Crippen LogP contribution in [0.3, 0.4) is 0 Å². The Hall–Kier alpha value is -3.36. The Morgan fingerprint density at radius 3 is 2.45 bits per heavy atom. The minimum Gasteiger partial charge on any atom is -0.326 e. The number of carbonyl (C=O) groups is 2. The van der Waals surface area contributed by atoms with Crippen molar-refractivity contribution in [2.24, 2.45) is 0 Å². The van der Waals surface area contributed by atoms with E-state index in [-0.39, 0.29) is 23.9 Å². The van der Waals surface area contributed by atoms with Crippen LogP contribution in [0.2, 0.25) is 5.02 Å². The predicted molar refractivity (Wildman–Crippen MR) is 132 cm³/mol. The van der Waals surface area contributed by atoms with Crippen LogP contribution in [0.5, 0.6) is 0 Å². The molecule has 0 saturated heterocycles. The van der Waals surface area contributed by atoms with Crippen LogP contribution in [-0.4, -0.2) is 22.0 Å². The number of halogens is 1. The van der Waals surface area contributed by atoms with E-state index in [4.69, 9.17) is 11.6 Å². The lowest BCUT2D eigenvalue weighted by molar-refractivity contribution is -0.384. The number of benzene rings is 3. The number of aryl methyl sites for hydroxylation is 1. The smallest absolute Gasteiger partial charge is 0.269 e. The fourth-order valence-electron chi connectivity index (χ4n) is 3.03. The zero-order valence-electron chi connectivity index (χ0n) is 18.0. The normalized spacial score (nSPS) is 11.5. The standard InChI is InChI=1S/C24H22ClN3O4S/c1-15-12-20(28(31)32)10-11-22(15)27-24(30)16(2)33-21-5-3-4-19(14-21)26-23(29)13-17-6-8-18(25)9-7-17/h3-12,14,16H,13H2,1-2H3,(H,26,29)(H,27,30). The van der Waals surface area contributed by atoms with E-state index >= 15 is 0 Å². The van der Waals surface area contributed by atoms with Gasteiger partial charge in [0.2, 0.25) is 11.8 Å². The first kappa shape index (κ1) is 24.3. The van der Waals surface area contributed by atoms with Crippen molar-refractivity contribution in [3.05, 3.63) is 93.0 Å². The second kappa shape index (κ2) is 11.0. The van der Waals surface area contributed by atoms with Gasteiger partial charge in [0.25, 0.3) is 5.69 Å². The van der Waals surface area contributed by atoms with Crippen molar-refractivity contribution in [2.75, 3.05) is 10.6 Å². The van der Waals surface area contributed by atoms with Gasteiger partial charge in [0.05, 0.1) is 16.6 Å². The van der Waals surface area contributed by atoms with Crippen molar-refractivity contribution in [3.63, 3.8) is 0 Å². The second-order valence-electron chi connectivity index (χ2n) is 7.38. The molecule has 0 fully saturated rings. The number of nitro groups is 1. The molecule has 2 N–H and O–H groups in total.